The van der Waals surface area contributed by atoms with Crippen LogP contribution in [0.5, 0.6) is 0 Å². The van der Waals surface area contributed by atoms with Crippen molar-refractivity contribution in [3.05, 3.63) is 30.5 Å². The summed E-state index contributed by atoms with van der Waals surface area (Å²) in [5.41, 5.74) is 0.924. The van der Waals surface area contributed by atoms with E-state index in [1.54, 1.807) is 13.4 Å². The van der Waals surface area contributed by atoms with Gasteiger partial charge in [-0.1, -0.05) is 0 Å². The largest absolute Gasteiger partial charge is 0.391 e. The van der Waals surface area contributed by atoms with Crippen molar-refractivity contribution in [3.8, 4) is 0 Å². The summed E-state index contributed by atoms with van der Waals surface area (Å²) in [5, 5.41) is 13.6. The van der Waals surface area contributed by atoms with Crippen molar-refractivity contribution in [2.75, 3.05) is 18.0 Å². The van der Waals surface area contributed by atoms with Crippen LogP contribution in [0.3, 0.4) is 0 Å². The van der Waals surface area contributed by atoms with Crippen LogP contribution in [0.15, 0.2) is 29.7 Å². The molecule has 140 valence electrons. The van der Waals surface area contributed by atoms with Gasteiger partial charge in [0.2, 0.25) is 10.0 Å². The molecule has 2 aromatic heterocycles. The lowest BCUT2D eigenvalue weighted by Crippen LogP contribution is -2.43. The van der Waals surface area contributed by atoms with Gasteiger partial charge in [0.1, 0.15) is 17.0 Å². The third-order valence-corrected chi connectivity index (χ3v) is 6.51. The number of aryl methyl sites for hydroxylation is 1. The Morgan fingerprint density at radius 3 is 2.77 bits per heavy atom. The van der Waals surface area contributed by atoms with E-state index in [0.29, 0.717) is 19.4 Å². The quantitative estimate of drug-likeness (QED) is 0.753. The summed E-state index contributed by atoms with van der Waals surface area (Å²) in [6.45, 7) is 1.38. The van der Waals surface area contributed by atoms with E-state index in [1.807, 2.05) is 6.07 Å². The number of rotatable bonds is 5. The number of nitrogens with one attached hydrogen (secondary N) is 1. The molecule has 1 atom stereocenters. The molecule has 10 heteroatoms. The Labute approximate surface area is 152 Å². The van der Waals surface area contributed by atoms with Gasteiger partial charge in [-0.2, -0.15) is 5.10 Å². The summed E-state index contributed by atoms with van der Waals surface area (Å²) in [4.78, 5) is 10.9. The molecule has 0 radical (unpaired) electrons. The molecule has 0 unspecified atom stereocenters. The Morgan fingerprint density at radius 1 is 1.31 bits per heavy atom. The Kier molecular flexibility index (Phi) is 4.41. The first-order valence-electron chi connectivity index (χ1n) is 8.66. The van der Waals surface area contributed by atoms with Crippen molar-refractivity contribution < 1.29 is 13.5 Å². The van der Waals surface area contributed by atoms with Crippen molar-refractivity contribution in [1.29, 1.82) is 0 Å². The average molecular weight is 378 g/mol. The molecule has 2 aromatic rings. The lowest BCUT2D eigenvalue weighted by Gasteiger charge is -2.35. The van der Waals surface area contributed by atoms with Crippen molar-refractivity contribution in [2.45, 2.75) is 42.2 Å². The molecule has 0 aromatic carbocycles. The molecule has 1 saturated carbocycles. The number of hydrogen-bond donors (Lipinski definition) is 2. The highest BCUT2D eigenvalue weighted by Gasteiger charge is 2.35. The van der Waals surface area contributed by atoms with E-state index >= 15 is 0 Å². The summed E-state index contributed by atoms with van der Waals surface area (Å²) < 4.78 is 28.9. The second kappa shape index (κ2) is 6.60. The fourth-order valence-corrected chi connectivity index (χ4v) is 4.73. The number of aliphatic hydroxyl groups excluding tert-OH is 1. The molecular formula is C16H22N6O3S. The van der Waals surface area contributed by atoms with Gasteiger partial charge in [-0.3, -0.25) is 4.68 Å². The zero-order valence-electron chi connectivity index (χ0n) is 14.5. The molecule has 3 heterocycles. The normalized spacial score (nSPS) is 26.1. The molecule has 26 heavy (non-hydrogen) atoms. The van der Waals surface area contributed by atoms with Crippen LogP contribution >= 0.6 is 0 Å². The molecule has 2 N–H and O–H groups in total. The van der Waals surface area contributed by atoms with E-state index in [2.05, 4.69) is 24.7 Å². The monoisotopic (exact) mass is 378 g/mol. The molecule has 1 aliphatic heterocycles. The van der Waals surface area contributed by atoms with E-state index in [-0.39, 0.29) is 23.0 Å². The fraction of sp³-hybridized carbons (Fsp3) is 0.562. The zero-order chi connectivity index (χ0) is 18.3. The van der Waals surface area contributed by atoms with Gasteiger partial charge < -0.3 is 10.0 Å². The van der Waals surface area contributed by atoms with Crippen molar-refractivity contribution in [1.82, 2.24) is 24.5 Å². The Bertz CT molecular complexity index is 893. The number of anilines is 1. The van der Waals surface area contributed by atoms with Gasteiger partial charge >= 0.3 is 0 Å². The second-order valence-corrected chi connectivity index (χ2v) is 8.74. The summed E-state index contributed by atoms with van der Waals surface area (Å²) in [7, 11) is -1.85. The van der Waals surface area contributed by atoms with Crippen molar-refractivity contribution >= 4 is 15.8 Å². The van der Waals surface area contributed by atoms with Gasteiger partial charge in [-0.15, -0.1) is 0 Å². The van der Waals surface area contributed by atoms with Crippen LogP contribution in [0.4, 0.5) is 5.82 Å². The smallest absolute Gasteiger partial charge is 0.243 e. The van der Waals surface area contributed by atoms with E-state index in [4.69, 9.17) is 0 Å². The highest BCUT2D eigenvalue weighted by molar-refractivity contribution is 7.89. The lowest BCUT2D eigenvalue weighted by atomic mass is 9.78. The first-order valence-corrected chi connectivity index (χ1v) is 10.1. The third-order valence-electron chi connectivity index (χ3n) is 5.03. The molecule has 2 aliphatic rings. The number of hydrogen-bond acceptors (Lipinski definition) is 7. The van der Waals surface area contributed by atoms with Crippen LogP contribution in [0.25, 0.3) is 0 Å². The zero-order valence-corrected chi connectivity index (χ0v) is 15.3. The summed E-state index contributed by atoms with van der Waals surface area (Å²) >= 11 is 0. The van der Waals surface area contributed by atoms with Gasteiger partial charge in [0.05, 0.1) is 12.3 Å². The summed E-state index contributed by atoms with van der Waals surface area (Å²) in [6, 6.07) is 1.85. The van der Waals surface area contributed by atoms with E-state index < -0.39 is 10.0 Å². The highest BCUT2D eigenvalue weighted by atomic mass is 32.2. The Balaban J connectivity index is 1.38. The fourth-order valence-electron chi connectivity index (χ4n) is 3.49. The predicted molar refractivity (Wildman–Crippen MR) is 94.2 cm³/mol. The SMILES string of the molecule is Cn1cc(S(=O)(=O)NC2CC(c3cc(N4CC[C@@H](O)C4)ncn3)C2)cn1. The molecule has 0 spiro atoms. The topological polar surface area (TPSA) is 113 Å². The number of aromatic nitrogens is 4. The average Bonchev–Trinajstić information content (AvgIpc) is 3.20. The molecule has 4 rings (SSSR count). The molecule has 0 amide bonds. The highest BCUT2D eigenvalue weighted by Crippen LogP contribution is 2.37. The number of aliphatic hydroxyl groups is 1. The van der Waals surface area contributed by atoms with Gasteiger partial charge in [-0.25, -0.2) is 23.1 Å². The van der Waals surface area contributed by atoms with Gasteiger partial charge in [0.15, 0.2) is 0 Å². The van der Waals surface area contributed by atoms with E-state index in [0.717, 1.165) is 24.5 Å². The van der Waals surface area contributed by atoms with Gasteiger partial charge in [-0.05, 0) is 19.3 Å². The predicted octanol–water partition coefficient (Wildman–Crippen LogP) is 0.00560. The van der Waals surface area contributed by atoms with Crippen LogP contribution in [0.2, 0.25) is 0 Å². The number of nitrogens with zero attached hydrogens (tertiary/aromatic N) is 5. The van der Waals surface area contributed by atoms with Crippen molar-refractivity contribution in [2.24, 2.45) is 7.05 Å². The standard InChI is InChI=1S/C16H22N6O3S/c1-21-9-14(7-19-21)26(24,25)20-12-4-11(5-12)15-6-16(18-10-17-15)22-3-2-13(23)8-22/h6-7,9-13,20,23H,2-5,8H2,1H3/t11?,12?,13-/m1/s1. The van der Waals surface area contributed by atoms with Crippen molar-refractivity contribution in [3.63, 3.8) is 0 Å². The minimum absolute atomic E-state index is 0.0998. The Morgan fingerprint density at radius 2 is 2.12 bits per heavy atom. The van der Waals surface area contributed by atoms with Crippen LogP contribution in [-0.2, 0) is 17.1 Å². The van der Waals surface area contributed by atoms with Crippen LogP contribution in [-0.4, -0.2) is 58.5 Å². The molecule has 0 bridgehead atoms. The van der Waals surface area contributed by atoms with E-state index in [9.17, 15) is 13.5 Å². The first-order chi connectivity index (χ1) is 12.4. The van der Waals surface area contributed by atoms with E-state index in [1.165, 1.54) is 17.1 Å². The molecule has 2 fully saturated rings. The maximum atomic E-state index is 12.3. The lowest BCUT2D eigenvalue weighted by molar-refractivity contribution is 0.198. The summed E-state index contributed by atoms with van der Waals surface area (Å²) in [6.07, 6.45) is 6.24. The Hall–Kier alpha value is -2.04. The minimum atomic E-state index is -3.53. The van der Waals surface area contributed by atoms with Crippen LogP contribution in [0.1, 0.15) is 30.9 Å². The van der Waals surface area contributed by atoms with Gasteiger partial charge in [0.25, 0.3) is 0 Å². The third kappa shape index (κ3) is 3.44. The maximum Gasteiger partial charge on any atom is 0.243 e. The molecule has 9 nitrogen and oxygen atoms in total. The number of β-amino-alcohol motifs (C(OH)–C–C–N with tert-alkyl or cyclic N) is 1. The second-order valence-electron chi connectivity index (χ2n) is 7.03. The van der Waals surface area contributed by atoms with Gasteiger partial charge in [0, 0.05) is 50.1 Å². The maximum absolute atomic E-state index is 12.3. The molecule has 1 saturated heterocycles. The minimum Gasteiger partial charge on any atom is -0.391 e. The molecular weight excluding hydrogens is 356 g/mol. The van der Waals surface area contributed by atoms with Crippen LogP contribution < -0.4 is 9.62 Å². The summed E-state index contributed by atoms with van der Waals surface area (Å²) in [5.74, 6) is 1.04. The first kappa shape index (κ1) is 17.4. The number of sulfonamides is 1. The van der Waals surface area contributed by atoms with Crippen LogP contribution in [0, 0.1) is 0 Å². The molecule has 1 aliphatic carbocycles.